The van der Waals surface area contributed by atoms with Crippen LogP contribution in [0, 0.1) is 19.7 Å². The van der Waals surface area contributed by atoms with E-state index in [0.717, 1.165) is 16.8 Å². The summed E-state index contributed by atoms with van der Waals surface area (Å²) >= 11 is 0. The summed E-state index contributed by atoms with van der Waals surface area (Å²) in [4.78, 5) is 0. The van der Waals surface area contributed by atoms with Crippen LogP contribution in [0.15, 0.2) is 36.4 Å². The van der Waals surface area contributed by atoms with E-state index >= 15 is 0 Å². The van der Waals surface area contributed by atoms with E-state index in [0.29, 0.717) is 11.4 Å². The highest BCUT2D eigenvalue weighted by Gasteiger charge is 2.06. The lowest BCUT2D eigenvalue weighted by Gasteiger charge is -2.13. The predicted molar refractivity (Wildman–Crippen MR) is 70.0 cm³/mol. The number of aryl methyl sites for hydroxylation is 1. The second kappa shape index (κ2) is 4.45. The molecule has 0 aliphatic rings. The molecule has 3 N–H and O–H groups in total. The number of anilines is 3. The van der Waals surface area contributed by atoms with Crippen molar-refractivity contribution in [1.29, 1.82) is 0 Å². The van der Waals surface area contributed by atoms with Gasteiger partial charge in [0.2, 0.25) is 0 Å². The minimum atomic E-state index is -0.329. The monoisotopic (exact) mass is 230 g/mol. The van der Waals surface area contributed by atoms with Crippen LogP contribution in [0.2, 0.25) is 0 Å². The quantitative estimate of drug-likeness (QED) is 0.771. The maximum atomic E-state index is 13.3. The molecule has 0 fully saturated rings. The Bertz CT molecular complexity index is 550. The average molecular weight is 230 g/mol. The van der Waals surface area contributed by atoms with Crippen molar-refractivity contribution in [2.75, 3.05) is 11.1 Å². The molecular weight excluding hydrogens is 215 g/mol. The fraction of sp³-hybridized carbons (Fsp3) is 0.143. The maximum absolute atomic E-state index is 13.3. The van der Waals surface area contributed by atoms with Crippen LogP contribution in [0.3, 0.4) is 0 Å². The Hall–Kier alpha value is -2.03. The zero-order valence-electron chi connectivity index (χ0n) is 9.92. The zero-order chi connectivity index (χ0) is 12.4. The SMILES string of the molecule is Cc1ccccc1Nc1cc(F)cc(N)c1C. The molecule has 2 nitrogen and oxygen atoms in total. The molecule has 0 saturated carbocycles. The van der Waals surface area contributed by atoms with Gasteiger partial charge in [0.25, 0.3) is 0 Å². The number of nitrogens with two attached hydrogens (primary N) is 1. The number of benzene rings is 2. The van der Waals surface area contributed by atoms with Crippen LogP contribution in [0.4, 0.5) is 21.5 Å². The first kappa shape index (κ1) is 11.5. The van der Waals surface area contributed by atoms with Gasteiger partial charge in [0, 0.05) is 17.1 Å². The van der Waals surface area contributed by atoms with Crippen LogP contribution in [-0.4, -0.2) is 0 Å². The summed E-state index contributed by atoms with van der Waals surface area (Å²) in [5, 5.41) is 3.20. The molecule has 0 aromatic heterocycles. The van der Waals surface area contributed by atoms with E-state index in [4.69, 9.17) is 5.73 Å². The summed E-state index contributed by atoms with van der Waals surface area (Å²) < 4.78 is 13.3. The van der Waals surface area contributed by atoms with Gasteiger partial charge in [-0.2, -0.15) is 0 Å². The van der Waals surface area contributed by atoms with Gasteiger partial charge in [0.15, 0.2) is 0 Å². The number of halogens is 1. The topological polar surface area (TPSA) is 38.0 Å². The van der Waals surface area contributed by atoms with Crippen LogP contribution in [-0.2, 0) is 0 Å². The van der Waals surface area contributed by atoms with Gasteiger partial charge in [-0.05, 0) is 43.2 Å². The van der Waals surface area contributed by atoms with Gasteiger partial charge >= 0.3 is 0 Å². The van der Waals surface area contributed by atoms with Crippen LogP contribution < -0.4 is 11.1 Å². The van der Waals surface area contributed by atoms with Gasteiger partial charge in [0.05, 0.1) is 0 Å². The molecule has 0 saturated heterocycles. The molecule has 88 valence electrons. The second-order valence-corrected chi connectivity index (χ2v) is 4.11. The Labute approximate surface area is 100 Å². The van der Waals surface area contributed by atoms with E-state index in [1.165, 1.54) is 12.1 Å². The zero-order valence-corrected chi connectivity index (χ0v) is 9.92. The second-order valence-electron chi connectivity index (χ2n) is 4.11. The third-order valence-corrected chi connectivity index (χ3v) is 2.83. The van der Waals surface area contributed by atoms with E-state index in [-0.39, 0.29) is 5.82 Å². The molecule has 2 aromatic rings. The number of hydrogen-bond donors (Lipinski definition) is 2. The molecule has 0 atom stereocenters. The summed E-state index contributed by atoms with van der Waals surface area (Å²) in [5.41, 5.74) is 9.82. The minimum absolute atomic E-state index is 0.329. The Kier molecular flexibility index (Phi) is 3.00. The van der Waals surface area contributed by atoms with Crippen molar-refractivity contribution in [3.8, 4) is 0 Å². The summed E-state index contributed by atoms with van der Waals surface area (Å²) in [6.45, 7) is 3.87. The largest absolute Gasteiger partial charge is 0.398 e. The van der Waals surface area contributed by atoms with Crippen molar-refractivity contribution in [2.45, 2.75) is 13.8 Å². The third-order valence-electron chi connectivity index (χ3n) is 2.83. The highest BCUT2D eigenvalue weighted by molar-refractivity contribution is 5.70. The van der Waals surface area contributed by atoms with Crippen LogP contribution >= 0.6 is 0 Å². The number of rotatable bonds is 2. The van der Waals surface area contributed by atoms with E-state index in [1.54, 1.807) is 0 Å². The lowest BCUT2D eigenvalue weighted by Crippen LogP contribution is -1.99. The van der Waals surface area contributed by atoms with Crippen molar-refractivity contribution in [1.82, 2.24) is 0 Å². The molecule has 0 aliphatic heterocycles. The summed E-state index contributed by atoms with van der Waals surface area (Å²) in [6, 6.07) is 10.6. The lowest BCUT2D eigenvalue weighted by atomic mass is 10.1. The van der Waals surface area contributed by atoms with Gasteiger partial charge in [-0.3, -0.25) is 0 Å². The molecule has 17 heavy (non-hydrogen) atoms. The van der Waals surface area contributed by atoms with Gasteiger partial charge in [-0.1, -0.05) is 18.2 Å². The molecule has 0 aliphatic carbocycles. The van der Waals surface area contributed by atoms with E-state index in [1.807, 2.05) is 38.1 Å². The Morgan fingerprint density at radius 1 is 1.06 bits per heavy atom. The van der Waals surface area contributed by atoms with E-state index < -0.39 is 0 Å². The van der Waals surface area contributed by atoms with Gasteiger partial charge in [-0.25, -0.2) is 4.39 Å². The Morgan fingerprint density at radius 2 is 1.76 bits per heavy atom. The van der Waals surface area contributed by atoms with Crippen molar-refractivity contribution in [2.24, 2.45) is 0 Å². The van der Waals surface area contributed by atoms with Crippen LogP contribution in [0.5, 0.6) is 0 Å². The van der Waals surface area contributed by atoms with Gasteiger partial charge < -0.3 is 11.1 Å². The molecule has 0 spiro atoms. The molecule has 0 radical (unpaired) electrons. The highest BCUT2D eigenvalue weighted by atomic mass is 19.1. The van der Waals surface area contributed by atoms with Crippen molar-refractivity contribution < 1.29 is 4.39 Å². The molecular formula is C14H15FN2. The summed E-state index contributed by atoms with van der Waals surface area (Å²) in [6.07, 6.45) is 0. The molecule has 3 heteroatoms. The first-order chi connectivity index (χ1) is 8.08. The molecule has 0 heterocycles. The third kappa shape index (κ3) is 2.38. The van der Waals surface area contributed by atoms with Crippen molar-refractivity contribution in [3.63, 3.8) is 0 Å². The smallest absolute Gasteiger partial charge is 0.127 e. The Morgan fingerprint density at radius 3 is 2.47 bits per heavy atom. The number of nitrogen functional groups attached to an aromatic ring is 1. The number of para-hydroxylation sites is 1. The first-order valence-electron chi connectivity index (χ1n) is 5.46. The van der Waals surface area contributed by atoms with Crippen LogP contribution in [0.1, 0.15) is 11.1 Å². The molecule has 0 amide bonds. The fourth-order valence-electron chi connectivity index (χ4n) is 1.69. The Balaban J connectivity index is 2.40. The molecule has 0 bridgehead atoms. The molecule has 2 rings (SSSR count). The number of hydrogen-bond acceptors (Lipinski definition) is 2. The number of nitrogens with one attached hydrogen (secondary N) is 1. The fourth-order valence-corrected chi connectivity index (χ4v) is 1.69. The van der Waals surface area contributed by atoms with Gasteiger partial charge in [0.1, 0.15) is 5.82 Å². The van der Waals surface area contributed by atoms with Crippen molar-refractivity contribution >= 4 is 17.1 Å². The van der Waals surface area contributed by atoms with Crippen LogP contribution in [0.25, 0.3) is 0 Å². The normalized spacial score (nSPS) is 10.3. The summed E-state index contributed by atoms with van der Waals surface area (Å²) in [5.74, 6) is -0.329. The van der Waals surface area contributed by atoms with Gasteiger partial charge in [-0.15, -0.1) is 0 Å². The molecule has 0 unspecified atom stereocenters. The summed E-state index contributed by atoms with van der Waals surface area (Å²) in [7, 11) is 0. The molecule has 2 aromatic carbocycles. The minimum Gasteiger partial charge on any atom is -0.398 e. The standard InChI is InChI=1S/C14H15FN2/c1-9-5-3-4-6-13(9)17-14-8-11(15)7-12(16)10(14)2/h3-8,17H,16H2,1-2H3. The lowest BCUT2D eigenvalue weighted by molar-refractivity contribution is 0.629. The highest BCUT2D eigenvalue weighted by Crippen LogP contribution is 2.27. The van der Waals surface area contributed by atoms with Crippen molar-refractivity contribution in [3.05, 3.63) is 53.3 Å². The van der Waals surface area contributed by atoms with E-state index in [2.05, 4.69) is 5.32 Å². The van der Waals surface area contributed by atoms with E-state index in [9.17, 15) is 4.39 Å². The first-order valence-corrected chi connectivity index (χ1v) is 5.46. The predicted octanol–water partition coefficient (Wildman–Crippen LogP) is 3.77. The average Bonchev–Trinajstić information content (AvgIpc) is 2.28. The maximum Gasteiger partial charge on any atom is 0.127 e.